The Balaban J connectivity index is 2.13. The maximum absolute atomic E-state index is 12.1. The first-order valence-electron chi connectivity index (χ1n) is 7.04. The van der Waals surface area contributed by atoms with Crippen molar-refractivity contribution in [3.8, 4) is 0 Å². The summed E-state index contributed by atoms with van der Waals surface area (Å²) in [6, 6.07) is 22.9. The van der Waals surface area contributed by atoms with Gasteiger partial charge in [0.2, 0.25) is 0 Å². The highest BCUT2D eigenvalue weighted by atomic mass is 16.2. The monoisotopic (exact) mass is 291 g/mol. The van der Waals surface area contributed by atoms with Gasteiger partial charge in [0.05, 0.1) is 11.4 Å². The summed E-state index contributed by atoms with van der Waals surface area (Å²) in [6.45, 7) is 0. The molecule has 0 aliphatic carbocycles. The predicted octanol–water partition coefficient (Wildman–Crippen LogP) is 3.78. The van der Waals surface area contributed by atoms with Crippen molar-refractivity contribution in [1.29, 1.82) is 0 Å². The van der Waals surface area contributed by atoms with Gasteiger partial charge in [-0.1, -0.05) is 54.6 Å². The van der Waals surface area contributed by atoms with E-state index in [0.717, 1.165) is 22.1 Å². The van der Waals surface area contributed by atoms with E-state index in [1.54, 1.807) is 5.01 Å². The number of carbonyl (C=O) groups is 1. The van der Waals surface area contributed by atoms with Crippen molar-refractivity contribution in [2.45, 2.75) is 0 Å². The van der Waals surface area contributed by atoms with Crippen LogP contribution in [0.1, 0.15) is 0 Å². The molecule has 4 heteroatoms. The van der Waals surface area contributed by atoms with Crippen LogP contribution in [0.4, 0.5) is 16.2 Å². The third-order valence-electron chi connectivity index (χ3n) is 3.63. The fourth-order valence-corrected chi connectivity index (χ4v) is 2.58. The molecule has 0 atom stereocenters. The molecule has 3 rings (SSSR count). The van der Waals surface area contributed by atoms with Gasteiger partial charge in [0.15, 0.2) is 0 Å². The van der Waals surface area contributed by atoms with Crippen LogP contribution in [0.2, 0.25) is 0 Å². The van der Waals surface area contributed by atoms with Crippen molar-refractivity contribution in [3.63, 3.8) is 0 Å². The molecule has 0 spiro atoms. The highest BCUT2D eigenvalue weighted by Crippen LogP contribution is 2.29. The van der Waals surface area contributed by atoms with Crippen LogP contribution in [0.3, 0.4) is 0 Å². The van der Waals surface area contributed by atoms with Crippen LogP contribution in [0, 0.1) is 0 Å². The molecule has 0 bridgehead atoms. The lowest BCUT2D eigenvalue weighted by Gasteiger charge is -2.32. The quantitative estimate of drug-likeness (QED) is 0.747. The van der Waals surface area contributed by atoms with Crippen molar-refractivity contribution in [2.24, 2.45) is 5.73 Å². The summed E-state index contributed by atoms with van der Waals surface area (Å²) in [6.07, 6.45) is 0. The van der Waals surface area contributed by atoms with Crippen LogP contribution in [0.25, 0.3) is 10.8 Å². The van der Waals surface area contributed by atoms with E-state index in [2.05, 4.69) is 0 Å². The second-order valence-corrected chi connectivity index (χ2v) is 5.01. The van der Waals surface area contributed by atoms with Gasteiger partial charge in [0, 0.05) is 12.4 Å². The smallest absolute Gasteiger partial charge is 0.338 e. The van der Waals surface area contributed by atoms with E-state index in [1.807, 2.05) is 79.8 Å². The first-order valence-corrected chi connectivity index (χ1v) is 7.04. The van der Waals surface area contributed by atoms with Gasteiger partial charge in [-0.2, -0.15) is 0 Å². The second-order valence-electron chi connectivity index (χ2n) is 5.01. The zero-order chi connectivity index (χ0) is 15.5. The molecule has 0 aliphatic heterocycles. The van der Waals surface area contributed by atoms with Crippen molar-refractivity contribution in [2.75, 3.05) is 17.1 Å². The standard InChI is InChI=1S/C18H17N3O/c1-20(15-10-3-2-4-11-15)21(18(19)22)17-13-7-9-14-8-5-6-12-16(14)17/h2-13H,1H3,(H2,19,22). The van der Waals surface area contributed by atoms with Gasteiger partial charge in [-0.25, -0.2) is 9.80 Å². The van der Waals surface area contributed by atoms with Gasteiger partial charge in [0.25, 0.3) is 0 Å². The Morgan fingerprint density at radius 2 is 1.50 bits per heavy atom. The van der Waals surface area contributed by atoms with Crippen molar-refractivity contribution in [1.82, 2.24) is 0 Å². The summed E-state index contributed by atoms with van der Waals surface area (Å²) >= 11 is 0. The van der Waals surface area contributed by atoms with Crippen molar-refractivity contribution in [3.05, 3.63) is 72.8 Å². The number of amides is 2. The summed E-state index contributed by atoms with van der Waals surface area (Å²) in [4.78, 5) is 12.1. The first-order chi connectivity index (χ1) is 10.7. The Bertz CT molecular complexity index is 796. The first kappa shape index (κ1) is 13.9. The third-order valence-corrected chi connectivity index (χ3v) is 3.63. The third kappa shape index (κ3) is 2.46. The average molecular weight is 291 g/mol. The number of hydrogen-bond acceptors (Lipinski definition) is 2. The van der Waals surface area contributed by atoms with Crippen LogP contribution >= 0.6 is 0 Å². The molecule has 0 heterocycles. The molecule has 2 amide bonds. The molecule has 22 heavy (non-hydrogen) atoms. The summed E-state index contributed by atoms with van der Waals surface area (Å²) in [7, 11) is 1.82. The molecular formula is C18H17N3O. The molecule has 0 unspecified atom stereocenters. The minimum absolute atomic E-state index is 0.525. The van der Waals surface area contributed by atoms with Gasteiger partial charge in [-0.15, -0.1) is 0 Å². The zero-order valence-electron chi connectivity index (χ0n) is 12.3. The number of para-hydroxylation sites is 1. The van der Waals surface area contributed by atoms with E-state index in [9.17, 15) is 4.79 Å². The van der Waals surface area contributed by atoms with Crippen molar-refractivity contribution >= 4 is 28.2 Å². The summed E-state index contributed by atoms with van der Waals surface area (Å²) in [5, 5.41) is 5.28. The Labute approximate surface area is 129 Å². The lowest BCUT2D eigenvalue weighted by Crippen LogP contribution is -2.47. The summed E-state index contributed by atoms with van der Waals surface area (Å²) in [5.74, 6) is 0. The molecule has 0 saturated heterocycles. The minimum atomic E-state index is -0.525. The molecule has 110 valence electrons. The highest BCUT2D eigenvalue weighted by molar-refractivity contribution is 6.04. The number of hydrazine groups is 1. The summed E-state index contributed by atoms with van der Waals surface area (Å²) in [5.41, 5.74) is 7.29. The Hall–Kier alpha value is -3.01. The van der Waals surface area contributed by atoms with Gasteiger partial charge in [-0.05, 0) is 23.6 Å². The largest absolute Gasteiger partial charge is 0.350 e. The van der Waals surface area contributed by atoms with Crippen LogP contribution in [-0.4, -0.2) is 13.1 Å². The number of hydrogen-bond donors (Lipinski definition) is 1. The molecular weight excluding hydrogens is 274 g/mol. The van der Waals surface area contributed by atoms with Gasteiger partial charge >= 0.3 is 6.03 Å². The molecule has 4 nitrogen and oxygen atoms in total. The topological polar surface area (TPSA) is 49.6 Å². The molecule has 3 aromatic carbocycles. The molecule has 2 N–H and O–H groups in total. The van der Waals surface area contributed by atoms with E-state index >= 15 is 0 Å². The number of benzene rings is 3. The molecule has 0 aromatic heterocycles. The van der Waals surface area contributed by atoms with Crippen LogP contribution in [-0.2, 0) is 0 Å². The number of nitrogens with zero attached hydrogens (tertiary/aromatic N) is 2. The van der Waals surface area contributed by atoms with E-state index < -0.39 is 6.03 Å². The number of anilines is 2. The predicted molar refractivity (Wildman–Crippen MR) is 90.9 cm³/mol. The van der Waals surface area contributed by atoms with Crippen LogP contribution in [0.15, 0.2) is 72.8 Å². The zero-order valence-corrected chi connectivity index (χ0v) is 12.3. The maximum Gasteiger partial charge on any atom is 0.338 e. The number of urea groups is 1. The minimum Gasteiger partial charge on any atom is -0.350 e. The van der Waals surface area contributed by atoms with E-state index in [0.29, 0.717) is 0 Å². The van der Waals surface area contributed by atoms with Gasteiger partial charge in [-0.3, -0.25) is 5.01 Å². The van der Waals surface area contributed by atoms with E-state index in [1.165, 1.54) is 5.01 Å². The maximum atomic E-state index is 12.1. The van der Waals surface area contributed by atoms with Crippen LogP contribution in [0.5, 0.6) is 0 Å². The van der Waals surface area contributed by atoms with E-state index in [-0.39, 0.29) is 0 Å². The summed E-state index contributed by atoms with van der Waals surface area (Å²) < 4.78 is 0. The molecule has 0 saturated carbocycles. The van der Waals surface area contributed by atoms with Gasteiger partial charge in [0.1, 0.15) is 0 Å². The lowest BCUT2D eigenvalue weighted by molar-refractivity contribution is 0.253. The number of carbonyl (C=O) groups excluding carboxylic acids is 1. The fourth-order valence-electron chi connectivity index (χ4n) is 2.58. The number of rotatable bonds is 3. The van der Waals surface area contributed by atoms with Crippen LogP contribution < -0.4 is 15.8 Å². The van der Waals surface area contributed by atoms with E-state index in [4.69, 9.17) is 5.73 Å². The lowest BCUT2D eigenvalue weighted by atomic mass is 10.1. The molecule has 0 aliphatic rings. The Morgan fingerprint density at radius 3 is 2.23 bits per heavy atom. The van der Waals surface area contributed by atoms with Crippen molar-refractivity contribution < 1.29 is 4.79 Å². The Morgan fingerprint density at radius 1 is 0.864 bits per heavy atom. The molecule has 3 aromatic rings. The number of fused-ring (bicyclic) bond motifs is 1. The molecule has 0 fully saturated rings. The second kappa shape index (κ2) is 5.77. The SMILES string of the molecule is CN(c1ccccc1)N(C(N)=O)c1cccc2ccccc12. The normalized spacial score (nSPS) is 10.4. The number of primary amides is 1. The number of nitrogens with two attached hydrogens (primary N) is 1. The highest BCUT2D eigenvalue weighted by Gasteiger charge is 2.20. The average Bonchev–Trinajstić information content (AvgIpc) is 2.56. The molecule has 0 radical (unpaired) electrons. The fraction of sp³-hybridized carbons (Fsp3) is 0.0556. The Kier molecular flexibility index (Phi) is 3.66. The van der Waals surface area contributed by atoms with Gasteiger partial charge < -0.3 is 5.73 Å².